The van der Waals surface area contributed by atoms with Crippen LogP contribution in [0.5, 0.6) is 0 Å². The SMILES string of the molecule is CCOP(=O)(OCC)C(F)(F)c1ccc(C=CC(=O)OC(C)(C)C)cc1. The summed E-state index contributed by atoms with van der Waals surface area (Å²) in [5, 5.41) is 0. The zero-order valence-electron chi connectivity index (χ0n) is 15.6. The zero-order valence-corrected chi connectivity index (χ0v) is 16.5. The number of carbonyl (C=O) groups excluding carboxylic acids is 1. The highest BCUT2D eigenvalue weighted by atomic mass is 31.2. The Morgan fingerprint density at radius 2 is 1.58 bits per heavy atom. The van der Waals surface area contributed by atoms with Gasteiger partial charge >= 0.3 is 19.2 Å². The fraction of sp³-hybridized carbons (Fsp3) is 0.500. The van der Waals surface area contributed by atoms with Gasteiger partial charge in [-0.3, -0.25) is 4.57 Å². The highest BCUT2D eigenvalue weighted by molar-refractivity contribution is 7.54. The molecule has 0 saturated heterocycles. The Labute approximate surface area is 152 Å². The molecule has 0 spiro atoms. The lowest BCUT2D eigenvalue weighted by Crippen LogP contribution is -2.22. The molecule has 0 aliphatic carbocycles. The molecule has 0 atom stereocenters. The molecule has 0 aliphatic rings. The normalized spacial score (nSPS) is 13.2. The molecule has 0 unspecified atom stereocenters. The van der Waals surface area contributed by atoms with Gasteiger partial charge in [0.2, 0.25) is 0 Å². The van der Waals surface area contributed by atoms with E-state index in [1.807, 2.05) is 0 Å². The van der Waals surface area contributed by atoms with E-state index in [0.29, 0.717) is 5.56 Å². The number of hydrogen-bond acceptors (Lipinski definition) is 5. The molecule has 5 nitrogen and oxygen atoms in total. The van der Waals surface area contributed by atoms with Crippen molar-refractivity contribution in [1.29, 1.82) is 0 Å². The molecule has 0 saturated carbocycles. The van der Waals surface area contributed by atoms with Gasteiger partial charge in [-0.1, -0.05) is 24.3 Å². The third-order valence-corrected chi connectivity index (χ3v) is 5.16. The monoisotopic (exact) mass is 390 g/mol. The molecule has 1 rings (SSSR count). The maximum Gasteiger partial charge on any atom is 0.404 e. The van der Waals surface area contributed by atoms with Crippen molar-refractivity contribution < 1.29 is 31.9 Å². The highest BCUT2D eigenvalue weighted by Gasteiger charge is 2.54. The van der Waals surface area contributed by atoms with Gasteiger partial charge in [0.05, 0.1) is 13.2 Å². The van der Waals surface area contributed by atoms with E-state index in [1.54, 1.807) is 20.8 Å². The fourth-order valence-electron chi connectivity index (χ4n) is 1.99. The van der Waals surface area contributed by atoms with Gasteiger partial charge in [-0.05, 0) is 46.3 Å². The first-order valence-electron chi connectivity index (χ1n) is 8.24. The first-order chi connectivity index (χ1) is 11.9. The number of rotatable bonds is 8. The standard InChI is InChI=1S/C18H25F2O5P/c1-6-23-26(22,24-7-2)18(19,20)15-11-8-14(9-12-15)10-13-16(21)25-17(3,4)5/h8-13H,6-7H2,1-5H3. The topological polar surface area (TPSA) is 61.8 Å². The molecule has 0 N–H and O–H groups in total. The maximum absolute atomic E-state index is 14.6. The number of halogens is 2. The van der Waals surface area contributed by atoms with E-state index >= 15 is 0 Å². The van der Waals surface area contributed by atoms with Crippen LogP contribution in [-0.2, 0) is 28.8 Å². The lowest BCUT2D eigenvalue weighted by Gasteiger charge is -2.26. The Bertz CT molecular complexity index is 668. The summed E-state index contributed by atoms with van der Waals surface area (Å²) in [6.07, 6.45) is 2.66. The predicted octanol–water partition coefficient (Wildman–Crippen LogP) is 5.36. The maximum atomic E-state index is 14.6. The summed E-state index contributed by atoms with van der Waals surface area (Å²) in [5.74, 6) is -0.538. The van der Waals surface area contributed by atoms with Crippen LogP contribution in [0.4, 0.5) is 8.78 Å². The van der Waals surface area contributed by atoms with Crippen molar-refractivity contribution >= 4 is 19.6 Å². The van der Waals surface area contributed by atoms with Crippen LogP contribution in [0.25, 0.3) is 6.08 Å². The van der Waals surface area contributed by atoms with Crippen LogP contribution in [0.3, 0.4) is 0 Å². The molecule has 0 aliphatic heterocycles. The number of hydrogen-bond donors (Lipinski definition) is 0. The molecule has 0 bridgehead atoms. The third kappa shape index (κ3) is 6.01. The number of ether oxygens (including phenoxy) is 1. The van der Waals surface area contributed by atoms with Gasteiger partial charge in [-0.2, -0.15) is 8.78 Å². The van der Waals surface area contributed by atoms with Gasteiger partial charge in [-0.15, -0.1) is 0 Å². The summed E-state index contributed by atoms with van der Waals surface area (Å²) in [5.41, 5.74) is -4.38. The predicted molar refractivity (Wildman–Crippen MR) is 96.1 cm³/mol. The van der Waals surface area contributed by atoms with Gasteiger partial charge in [0.1, 0.15) is 5.60 Å². The van der Waals surface area contributed by atoms with Crippen LogP contribution in [0, 0.1) is 0 Å². The fourth-order valence-corrected chi connectivity index (χ4v) is 3.54. The highest BCUT2D eigenvalue weighted by Crippen LogP contribution is 2.66. The summed E-state index contributed by atoms with van der Waals surface area (Å²) >= 11 is 0. The Morgan fingerprint density at radius 1 is 1.08 bits per heavy atom. The lowest BCUT2D eigenvalue weighted by molar-refractivity contribution is -0.148. The Kier molecular flexibility index (Phi) is 7.69. The quantitative estimate of drug-likeness (QED) is 0.340. The average Bonchev–Trinajstić information content (AvgIpc) is 2.52. The first kappa shape index (κ1) is 22.5. The molecule has 26 heavy (non-hydrogen) atoms. The van der Waals surface area contributed by atoms with Crippen molar-refractivity contribution in [3.63, 3.8) is 0 Å². The van der Waals surface area contributed by atoms with E-state index < -0.39 is 30.4 Å². The van der Waals surface area contributed by atoms with Crippen LogP contribution in [-0.4, -0.2) is 24.8 Å². The number of carbonyl (C=O) groups is 1. The largest absolute Gasteiger partial charge is 0.457 e. The molecule has 0 radical (unpaired) electrons. The molecular formula is C18H25F2O5P. The molecule has 0 heterocycles. The summed E-state index contributed by atoms with van der Waals surface area (Å²) in [4.78, 5) is 11.6. The number of alkyl halides is 2. The first-order valence-corrected chi connectivity index (χ1v) is 9.78. The van der Waals surface area contributed by atoms with Crippen LogP contribution in [0.15, 0.2) is 30.3 Å². The third-order valence-electron chi connectivity index (χ3n) is 3.02. The van der Waals surface area contributed by atoms with Gasteiger partial charge in [0.15, 0.2) is 0 Å². The van der Waals surface area contributed by atoms with E-state index in [1.165, 1.54) is 38.1 Å². The van der Waals surface area contributed by atoms with Gasteiger partial charge in [0.25, 0.3) is 0 Å². The van der Waals surface area contributed by atoms with Gasteiger partial charge in [0, 0.05) is 11.6 Å². The van der Waals surface area contributed by atoms with Crippen molar-refractivity contribution in [1.82, 2.24) is 0 Å². The van der Waals surface area contributed by atoms with Crippen LogP contribution in [0.1, 0.15) is 45.7 Å². The second kappa shape index (κ2) is 8.89. The second-order valence-electron chi connectivity index (χ2n) is 6.36. The second-order valence-corrected chi connectivity index (χ2v) is 8.44. The minimum atomic E-state index is -4.64. The smallest absolute Gasteiger partial charge is 0.404 e. The molecule has 0 fully saturated rings. The van der Waals surface area contributed by atoms with E-state index in [-0.39, 0.29) is 13.2 Å². The summed E-state index contributed by atoms with van der Waals surface area (Å²) < 4.78 is 56.2. The van der Waals surface area contributed by atoms with Gasteiger partial charge < -0.3 is 13.8 Å². The summed E-state index contributed by atoms with van der Waals surface area (Å²) in [6.45, 7) is 7.83. The molecule has 146 valence electrons. The Hall–Kier alpha value is -1.56. The summed E-state index contributed by atoms with van der Waals surface area (Å²) in [6, 6.07) is 5.01. The minimum absolute atomic E-state index is 0.163. The summed E-state index contributed by atoms with van der Waals surface area (Å²) in [7, 11) is -4.64. The van der Waals surface area contributed by atoms with Crippen molar-refractivity contribution in [2.45, 2.75) is 45.9 Å². The van der Waals surface area contributed by atoms with Crippen molar-refractivity contribution in [2.75, 3.05) is 13.2 Å². The molecule has 0 amide bonds. The van der Waals surface area contributed by atoms with Gasteiger partial charge in [-0.25, -0.2) is 4.79 Å². The number of benzene rings is 1. The molecular weight excluding hydrogens is 365 g/mol. The van der Waals surface area contributed by atoms with Crippen molar-refractivity contribution in [3.8, 4) is 0 Å². The van der Waals surface area contributed by atoms with Crippen LogP contribution >= 0.6 is 7.60 Å². The molecule has 0 aromatic heterocycles. The number of esters is 1. The molecule has 1 aromatic carbocycles. The molecule has 8 heteroatoms. The van der Waals surface area contributed by atoms with E-state index in [9.17, 15) is 18.1 Å². The van der Waals surface area contributed by atoms with E-state index in [0.717, 1.165) is 12.1 Å². The van der Waals surface area contributed by atoms with E-state index in [4.69, 9.17) is 13.8 Å². The Morgan fingerprint density at radius 3 is 2.00 bits per heavy atom. The van der Waals surface area contributed by atoms with Crippen molar-refractivity contribution in [2.24, 2.45) is 0 Å². The molecule has 1 aromatic rings. The zero-order chi connectivity index (χ0) is 20.0. The van der Waals surface area contributed by atoms with E-state index in [2.05, 4.69) is 0 Å². The van der Waals surface area contributed by atoms with Crippen molar-refractivity contribution in [3.05, 3.63) is 41.5 Å². The van der Waals surface area contributed by atoms with Crippen LogP contribution < -0.4 is 0 Å². The average molecular weight is 390 g/mol. The lowest BCUT2D eigenvalue weighted by atomic mass is 10.1. The minimum Gasteiger partial charge on any atom is -0.457 e. The Balaban J connectivity index is 2.98. The van der Waals surface area contributed by atoms with Crippen LogP contribution in [0.2, 0.25) is 0 Å².